The minimum atomic E-state index is 0.794. The summed E-state index contributed by atoms with van der Waals surface area (Å²) >= 11 is 0. The second kappa shape index (κ2) is 3.09. The molecule has 0 radical (unpaired) electrons. The van der Waals surface area contributed by atoms with E-state index in [1.807, 2.05) is 0 Å². The number of rotatable bonds is 2. The van der Waals surface area contributed by atoms with Crippen LogP contribution >= 0.6 is 0 Å². The van der Waals surface area contributed by atoms with Crippen molar-refractivity contribution in [2.24, 2.45) is 5.92 Å². The van der Waals surface area contributed by atoms with Crippen LogP contribution in [0.1, 0.15) is 30.9 Å². The van der Waals surface area contributed by atoms with Crippen LogP contribution in [0.25, 0.3) is 0 Å². The quantitative estimate of drug-likeness (QED) is 0.688. The molecular formula is C13H17N. The van der Waals surface area contributed by atoms with Gasteiger partial charge in [0, 0.05) is 19.1 Å². The zero-order valence-corrected chi connectivity index (χ0v) is 8.74. The van der Waals surface area contributed by atoms with Crippen LogP contribution in [-0.4, -0.2) is 10.9 Å². The van der Waals surface area contributed by atoms with Crippen LogP contribution < -0.4 is 0 Å². The van der Waals surface area contributed by atoms with E-state index < -0.39 is 0 Å². The van der Waals surface area contributed by atoms with Gasteiger partial charge in [-0.15, -0.1) is 0 Å². The third-order valence-corrected chi connectivity index (χ3v) is 3.75. The second-order valence-electron chi connectivity index (χ2n) is 4.75. The molecule has 0 N–H and O–H groups in total. The number of nitrogens with zero attached hydrogens (tertiary/aromatic N) is 1. The van der Waals surface area contributed by atoms with Crippen LogP contribution in [0.3, 0.4) is 0 Å². The van der Waals surface area contributed by atoms with Crippen molar-refractivity contribution >= 4 is 0 Å². The monoisotopic (exact) mass is 187 g/mol. The van der Waals surface area contributed by atoms with Crippen LogP contribution in [0, 0.1) is 5.92 Å². The first-order chi connectivity index (χ1) is 6.84. The molecule has 1 nitrogen and oxygen atoms in total. The molecule has 0 bridgehead atoms. The maximum Gasteiger partial charge on any atom is 0.0243 e. The van der Waals surface area contributed by atoms with Gasteiger partial charge in [0.2, 0.25) is 0 Å². The summed E-state index contributed by atoms with van der Waals surface area (Å²) < 4.78 is 0. The maximum absolute atomic E-state index is 2.63. The molecule has 74 valence electrons. The molecule has 1 aromatic carbocycles. The molecule has 2 aliphatic rings. The first-order valence-electron chi connectivity index (χ1n) is 5.65. The molecule has 1 aliphatic heterocycles. The van der Waals surface area contributed by atoms with Crippen molar-refractivity contribution in [3.63, 3.8) is 0 Å². The van der Waals surface area contributed by atoms with E-state index in [1.165, 1.54) is 25.9 Å². The molecule has 1 aliphatic carbocycles. The smallest absolute Gasteiger partial charge is 0.0243 e. The summed E-state index contributed by atoms with van der Waals surface area (Å²) in [4.78, 5) is 2.63. The normalized spacial score (nSPS) is 23.5. The first-order valence-corrected chi connectivity index (χ1v) is 5.65. The van der Waals surface area contributed by atoms with Gasteiger partial charge in [0.15, 0.2) is 0 Å². The largest absolute Gasteiger partial charge is 0.292 e. The highest BCUT2D eigenvalue weighted by Gasteiger charge is 2.34. The van der Waals surface area contributed by atoms with Gasteiger partial charge in [-0.2, -0.15) is 0 Å². The van der Waals surface area contributed by atoms with E-state index in [9.17, 15) is 0 Å². The zero-order valence-electron chi connectivity index (χ0n) is 8.74. The second-order valence-corrected chi connectivity index (χ2v) is 4.75. The molecular weight excluding hydrogens is 170 g/mol. The predicted molar refractivity (Wildman–Crippen MR) is 57.9 cm³/mol. The summed E-state index contributed by atoms with van der Waals surface area (Å²) in [5.74, 6) is 0.990. The number of benzene rings is 1. The Balaban J connectivity index is 1.77. The minimum Gasteiger partial charge on any atom is -0.292 e. The van der Waals surface area contributed by atoms with E-state index in [1.54, 1.807) is 11.1 Å². The molecule has 1 heteroatoms. The summed E-state index contributed by atoms with van der Waals surface area (Å²) in [5.41, 5.74) is 3.08. The Morgan fingerprint density at radius 3 is 2.21 bits per heavy atom. The van der Waals surface area contributed by atoms with Crippen molar-refractivity contribution < 1.29 is 0 Å². The van der Waals surface area contributed by atoms with E-state index in [2.05, 4.69) is 36.1 Å². The molecule has 0 aromatic heterocycles. The molecule has 14 heavy (non-hydrogen) atoms. The topological polar surface area (TPSA) is 3.24 Å². The highest BCUT2D eigenvalue weighted by atomic mass is 15.2. The van der Waals surface area contributed by atoms with Crippen LogP contribution in [0.5, 0.6) is 0 Å². The van der Waals surface area contributed by atoms with Crippen molar-refractivity contribution in [1.29, 1.82) is 0 Å². The molecule has 3 rings (SSSR count). The lowest BCUT2D eigenvalue weighted by Crippen LogP contribution is -2.29. The van der Waals surface area contributed by atoms with Gasteiger partial charge in [0.05, 0.1) is 0 Å². The van der Waals surface area contributed by atoms with E-state index in [0.717, 1.165) is 12.0 Å². The Kier molecular flexibility index (Phi) is 1.88. The molecule has 1 heterocycles. The summed E-state index contributed by atoms with van der Waals surface area (Å²) in [6, 6.07) is 9.65. The SMILES string of the molecule is C[C@@H](C1CC1)N1Cc2ccccc2C1. The number of hydrogen-bond acceptors (Lipinski definition) is 1. The lowest BCUT2D eigenvalue weighted by Gasteiger charge is -2.23. The zero-order chi connectivity index (χ0) is 9.54. The van der Waals surface area contributed by atoms with Crippen molar-refractivity contribution in [3.8, 4) is 0 Å². The summed E-state index contributed by atoms with van der Waals surface area (Å²) in [6.45, 7) is 4.74. The van der Waals surface area contributed by atoms with Gasteiger partial charge in [0.25, 0.3) is 0 Å². The average Bonchev–Trinajstić information content (AvgIpc) is 2.95. The lowest BCUT2D eigenvalue weighted by atomic mass is 10.1. The van der Waals surface area contributed by atoms with Crippen molar-refractivity contribution in [1.82, 2.24) is 4.90 Å². The van der Waals surface area contributed by atoms with Crippen molar-refractivity contribution in [3.05, 3.63) is 35.4 Å². The summed E-state index contributed by atoms with van der Waals surface area (Å²) in [5, 5.41) is 0. The fraction of sp³-hybridized carbons (Fsp3) is 0.538. The molecule has 1 saturated carbocycles. The Morgan fingerprint density at radius 1 is 1.14 bits per heavy atom. The maximum atomic E-state index is 2.63. The third kappa shape index (κ3) is 1.36. The number of fused-ring (bicyclic) bond motifs is 1. The van der Waals surface area contributed by atoms with E-state index in [0.29, 0.717) is 0 Å². The first kappa shape index (κ1) is 8.49. The van der Waals surface area contributed by atoms with E-state index >= 15 is 0 Å². The van der Waals surface area contributed by atoms with E-state index in [-0.39, 0.29) is 0 Å². The summed E-state index contributed by atoms with van der Waals surface area (Å²) in [7, 11) is 0. The molecule has 0 spiro atoms. The van der Waals surface area contributed by atoms with Gasteiger partial charge in [-0.3, -0.25) is 4.90 Å². The van der Waals surface area contributed by atoms with Crippen LogP contribution in [0.15, 0.2) is 24.3 Å². The van der Waals surface area contributed by atoms with E-state index in [4.69, 9.17) is 0 Å². The standard InChI is InChI=1S/C13H17N/c1-10(11-6-7-11)14-8-12-4-2-3-5-13(12)9-14/h2-5,10-11H,6-9H2,1H3/t10-/m0/s1. The van der Waals surface area contributed by atoms with Gasteiger partial charge < -0.3 is 0 Å². The molecule has 1 fully saturated rings. The van der Waals surface area contributed by atoms with Crippen molar-refractivity contribution in [2.45, 2.75) is 38.9 Å². The molecule has 0 saturated heterocycles. The highest BCUT2D eigenvalue weighted by molar-refractivity contribution is 5.30. The van der Waals surface area contributed by atoms with Gasteiger partial charge in [-0.05, 0) is 36.8 Å². The van der Waals surface area contributed by atoms with Crippen LogP contribution in [0.4, 0.5) is 0 Å². The molecule has 1 atom stereocenters. The number of hydrogen-bond donors (Lipinski definition) is 0. The Hall–Kier alpha value is -0.820. The molecule has 0 amide bonds. The highest BCUT2D eigenvalue weighted by Crippen LogP contribution is 2.38. The van der Waals surface area contributed by atoms with Crippen molar-refractivity contribution in [2.75, 3.05) is 0 Å². The Bertz CT molecular complexity index is 316. The Morgan fingerprint density at radius 2 is 1.71 bits per heavy atom. The van der Waals surface area contributed by atoms with Gasteiger partial charge in [-0.1, -0.05) is 24.3 Å². The fourth-order valence-corrected chi connectivity index (χ4v) is 2.52. The average molecular weight is 187 g/mol. The minimum absolute atomic E-state index is 0.794. The van der Waals surface area contributed by atoms with Gasteiger partial charge in [0.1, 0.15) is 0 Å². The van der Waals surface area contributed by atoms with Gasteiger partial charge in [-0.25, -0.2) is 0 Å². The lowest BCUT2D eigenvalue weighted by molar-refractivity contribution is 0.192. The predicted octanol–water partition coefficient (Wildman–Crippen LogP) is 2.80. The molecule has 1 aromatic rings. The van der Waals surface area contributed by atoms with Crippen LogP contribution in [-0.2, 0) is 13.1 Å². The van der Waals surface area contributed by atoms with Gasteiger partial charge >= 0.3 is 0 Å². The summed E-state index contributed by atoms with van der Waals surface area (Å²) in [6.07, 6.45) is 2.90. The fourth-order valence-electron chi connectivity index (χ4n) is 2.52. The molecule has 0 unspecified atom stereocenters. The Labute approximate surface area is 85.7 Å². The van der Waals surface area contributed by atoms with Crippen LogP contribution in [0.2, 0.25) is 0 Å². The third-order valence-electron chi connectivity index (χ3n) is 3.75.